The lowest BCUT2D eigenvalue weighted by Crippen LogP contribution is -2.39. The van der Waals surface area contributed by atoms with Crippen LogP contribution in [-0.4, -0.2) is 40.5 Å². The van der Waals surface area contributed by atoms with Crippen LogP contribution >= 0.6 is 0 Å². The van der Waals surface area contributed by atoms with Crippen molar-refractivity contribution < 1.29 is 14.3 Å². The second-order valence-electron chi connectivity index (χ2n) is 9.34. The first-order chi connectivity index (χ1) is 12.1. The lowest BCUT2D eigenvalue weighted by atomic mass is 9.65. The summed E-state index contributed by atoms with van der Waals surface area (Å²) in [5.41, 5.74) is 2.95. The molecule has 1 aromatic rings. The molecule has 1 aromatic heterocycles. The molecule has 1 saturated carbocycles. The van der Waals surface area contributed by atoms with E-state index in [1.54, 1.807) is 0 Å². The molecule has 3 rings (SSSR count). The summed E-state index contributed by atoms with van der Waals surface area (Å²) in [7, 11) is 0. The molecule has 144 valence electrons. The zero-order chi connectivity index (χ0) is 19.3. The Morgan fingerprint density at radius 1 is 1.23 bits per heavy atom. The Morgan fingerprint density at radius 3 is 2.54 bits per heavy atom. The van der Waals surface area contributed by atoms with E-state index in [9.17, 15) is 9.59 Å². The Kier molecular flexibility index (Phi) is 4.70. The summed E-state index contributed by atoms with van der Waals surface area (Å²) in [6, 6.07) is 2.12. The molecule has 2 heterocycles. The van der Waals surface area contributed by atoms with Crippen molar-refractivity contribution in [2.75, 3.05) is 13.2 Å². The van der Waals surface area contributed by atoms with Gasteiger partial charge in [-0.15, -0.1) is 0 Å². The molecule has 0 spiro atoms. The number of aromatic nitrogens is 1. The van der Waals surface area contributed by atoms with Crippen molar-refractivity contribution in [3.8, 4) is 0 Å². The molecule has 0 aromatic carbocycles. The van der Waals surface area contributed by atoms with Gasteiger partial charge < -0.3 is 14.2 Å². The Hall–Kier alpha value is -1.78. The van der Waals surface area contributed by atoms with E-state index in [2.05, 4.69) is 25.3 Å². The largest absolute Gasteiger partial charge is 0.452 e. The summed E-state index contributed by atoms with van der Waals surface area (Å²) in [5.74, 6) is -0.464. The van der Waals surface area contributed by atoms with E-state index < -0.39 is 5.97 Å². The molecule has 2 bridgehead atoms. The van der Waals surface area contributed by atoms with Crippen molar-refractivity contribution in [2.45, 2.75) is 73.4 Å². The maximum Gasteiger partial charge on any atom is 0.340 e. The van der Waals surface area contributed by atoms with E-state index in [4.69, 9.17) is 4.74 Å². The number of rotatable bonds is 4. The number of carbonyl (C=O) groups excluding carboxylic acids is 2. The zero-order valence-electron chi connectivity index (χ0n) is 17.0. The lowest BCUT2D eigenvalue weighted by Gasteiger charge is -2.39. The van der Waals surface area contributed by atoms with Gasteiger partial charge in [-0.2, -0.15) is 0 Å². The molecule has 2 aliphatic rings. The minimum Gasteiger partial charge on any atom is -0.452 e. The quantitative estimate of drug-likeness (QED) is 0.769. The molecule has 1 aliphatic heterocycles. The predicted molar refractivity (Wildman–Crippen MR) is 101 cm³/mol. The first-order valence-electron chi connectivity index (χ1n) is 9.68. The van der Waals surface area contributed by atoms with Gasteiger partial charge in [0.2, 0.25) is 0 Å². The fourth-order valence-electron chi connectivity index (χ4n) is 5.53. The summed E-state index contributed by atoms with van der Waals surface area (Å²) < 4.78 is 7.46. The molecule has 2 unspecified atom stereocenters. The molecule has 5 heteroatoms. The lowest BCUT2D eigenvalue weighted by molar-refractivity contribution is -0.135. The van der Waals surface area contributed by atoms with Gasteiger partial charge in [0.05, 0.1) is 5.56 Å². The molecule has 1 amide bonds. The van der Waals surface area contributed by atoms with Crippen molar-refractivity contribution >= 4 is 11.9 Å². The minimum absolute atomic E-state index is 0.0610. The number of hydrogen-bond acceptors (Lipinski definition) is 3. The third kappa shape index (κ3) is 3.40. The molecular formula is C21H32N2O3. The zero-order valence-corrected chi connectivity index (χ0v) is 17.0. The molecule has 0 N–H and O–H groups in total. The molecule has 1 aliphatic carbocycles. The van der Waals surface area contributed by atoms with E-state index >= 15 is 0 Å². The van der Waals surface area contributed by atoms with Crippen LogP contribution in [0, 0.1) is 24.7 Å². The average Bonchev–Trinajstić information content (AvgIpc) is 2.96. The van der Waals surface area contributed by atoms with Gasteiger partial charge in [0, 0.05) is 30.5 Å². The number of likely N-dealkylation sites (tertiary alicyclic amines) is 1. The number of nitrogens with zero attached hydrogens (tertiary/aromatic N) is 2. The van der Waals surface area contributed by atoms with Crippen LogP contribution in [0.15, 0.2) is 6.07 Å². The first kappa shape index (κ1) is 19.0. The second kappa shape index (κ2) is 6.43. The Balaban J connectivity index is 1.64. The van der Waals surface area contributed by atoms with Crippen molar-refractivity contribution in [2.24, 2.45) is 10.8 Å². The van der Waals surface area contributed by atoms with Crippen LogP contribution in [0.2, 0.25) is 0 Å². The Morgan fingerprint density at radius 2 is 1.92 bits per heavy atom. The third-order valence-corrected chi connectivity index (χ3v) is 6.17. The molecule has 2 fully saturated rings. The summed E-state index contributed by atoms with van der Waals surface area (Å²) in [6.07, 6.45) is 3.23. The van der Waals surface area contributed by atoms with Crippen molar-refractivity contribution in [1.29, 1.82) is 0 Å². The van der Waals surface area contributed by atoms with Gasteiger partial charge in [-0.3, -0.25) is 4.79 Å². The van der Waals surface area contributed by atoms with Gasteiger partial charge in [-0.05, 0) is 56.9 Å². The Labute approximate surface area is 156 Å². The highest BCUT2D eigenvalue weighted by Crippen LogP contribution is 2.52. The van der Waals surface area contributed by atoms with Crippen molar-refractivity contribution in [1.82, 2.24) is 9.47 Å². The number of aryl methyl sites for hydroxylation is 1. The number of amides is 1. The number of carbonyl (C=O) groups is 2. The fraction of sp³-hybridized carbons (Fsp3) is 0.714. The van der Waals surface area contributed by atoms with Gasteiger partial charge >= 0.3 is 5.97 Å². The molecule has 5 nitrogen and oxygen atoms in total. The maximum absolute atomic E-state index is 12.7. The van der Waals surface area contributed by atoms with Gasteiger partial charge in [0.1, 0.15) is 0 Å². The van der Waals surface area contributed by atoms with Crippen molar-refractivity contribution in [3.05, 3.63) is 23.0 Å². The van der Waals surface area contributed by atoms with Crippen LogP contribution in [0.4, 0.5) is 0 Å². The molecule has 0 radical (unpaired) electrons. The highest BCUT2D eigenvalue weighted by Gasteiger charge is 2.50. The summed E-state index contributed by atoms with van der Waals surface area (Å²) in [6.45, 7) is 14.2. The second-order valence-corrected chi connectivity index (χ2v) is 9.34. The van der Waals surface area contributed by atoms with Crippen LogP contribution in [-0.2, 0) is 16.1 Å². The molecule has 26 heavy (non-hydrogen) atoms. The van der Waals surface area contributed by atoms with Crippen LogP contribution < -0.4 is 0 Å². The monoisotopic (exact) mass is 360 g/mol. The average molecular weight is 360 g/mol. The van der Waals surface area contributed by atoms with Crippen LogP contribution in [0.3, 0.4) is 0 Å². The topological polar surface area (TPSA) is 51.5 Å². The van der Waals surface area contributed by atoms with E-state index in [1.165, 1.54) is 0 Å². The minimum atomic E-state index is -0.403. The Bertz CT molecular complexity index is 734. The standard InChI is InChI=1S/C21H32N2O3/c1-7-22-14(2)8-17(15(22)3)19(25)26-11-18(24)23-13-21(6)10-16(23)9-20(4,5)12-21/h8,16H,7,9-13H2,1-6H3. The fourth-order valence-corrected chi connectivity index (χ4v) is 5.53. The normalized spacial score (nSPS) is 26.8. The molecular weight excluding hydrogens is 328 g/mol. The van der Waals surface area contributed by atoms with Gasteiger partial charge in [-0.1, -0.05) is 20.8 Å². The van der Waals surface area contributed by atoms with Crippen LogP contribution in [0.1, 0.15) is 68.7 Å². The van der Waals surface area contributed by atoms with Gasteiger partial charge in [0.25, 0.3) is 5.91 Å². The van der Waals surface area contributed by atoms with E-state index in [-0.39, 0.29) is 29.4 Å². The number of esters is 1. The first-order valence-corrected chi connectivity index (χ1v) is 9.68. The SMILES string of the molecule is CCn1c(C)cc(C(=O)OCC(=O)N2CC3(C)CC2CC(C)(C)C3)c1C. The maximum atomic E-state index is 12.7. The smallest absolute Gasteiger partial charge is 0.340 e. The number of hydrogen-bond donors (Lipinski definition) is 0. The highest BCUT2D eigenvalue weighted by atomic mass is 16.5. The number of fused-ring (bicyclic) bond motifs is 2. The van der Waals surface area contributed by atoms with Crippen LogP contribution in [0.25, 0.3) is 0 Å². The van der Waals surface area contributed by atoms with Gasteiger partial charge in [-0.25, -0.2) is 4.79 Å². The predicted octanol–water partition coefficient (Wildman–Crippen LogP) is 3.71. The molecule has 1 saturated heterocycles. The van der Waals surface area contributed by atoms with E-state index in [0.717, 1.165) is 43.7 Å². The van der Waals surface area contributed by atoms with Crippen LogP contribution in [0.5, 0.6) is 0 Å². The summed E-state index contributed by atoms with van der Waals surface area (Å²) >= 11 is 0. The van der Waals surface area contributed by atoms with E-state index in [1.807, 2.05) is 31.7 Å². The van der Waals surface area contributed by atoms with E-state index in [0.29, 0.717) is 5.56 Å². The third-order valence-electron chi connectivity index (χ3n) is 6.17. The van der Waals surface area contributed by atoms with Gasteiger partial charge in [0.15, 0.2) is 6.61 Å². The van der Waals surface area contributed by atoms with Crippen molar-refractivity contribution in [3.63, 3.8) is 0 Å². The molecule has 2 atom stereocenters. The summed E-state index contributed by atoms with van der Waals surface area (Å²) in [5, 5.41) is 0. The number of ether oxygens (including phenoxy) is 1. The summed E-state index contributed by atoms with van der Waals surface area (Å²) in [4.78, 5) is 27.1. The highest BCUT2D eigenvalue weighted by molar-refractivity contribution is 5.92.